The van der Waals surface area contributed by atoms with Gasteiger partial charge in [0.15, 0.2) is 0 Å². The summed E-state index contributed by atoms with van der Waals surface area (Å²) in [6, 6.07) is 16.8. The van der Waals surface area contributed by atoms with Crippen LogP contribution in [0.2, 0.25) is 0 Å². The monoisotopic (exact) mass is 378 g/mol. The Labute approximate surface area is 105 Å². The first-order valence-corrected chi connectivity index (χ1v) is 3.85. The summed E-state index contributed by atoms with van der Waals surface area (Å²) in [6.45, 7) is 0. The standard InChI is InChI=1S/C11H8N.CH3.Ir.H2N/c1-2-6-10(7-3-1)11-8-4-5-9-12-11;;;/h1-6,8-9H;1H3;;1H2/q2*-1;+3;-1. The first kappa shape index (κ1) is 16.4. The summed E-state index contributed by atoms with van der Waals surface area (Å²) >= 11 is 0. The molecular formula is C12H13IrN2. The van der Waals surface area contributed by atoms with Crippen LogP contribution in [0.3, 0.4) is 0 Å². The Kier molecular flexibility index (Phi) is 9.08. The molecule has 0 saturated carbocycles. The Hall–Kier alpha value is -1.02. The number of nitrogens with zero attached hydrogens (tertiary/aromatic N) is 1. The molecule has 15 heavy (non-hydrogen) atoms. The number of hydrogen-bond donors (Lipinski definition) is 0. The summed E-state index contributed by atoms with van der Waals surface area (Å²) < 4.78 is 0. The van der Waals surface area contributed by atoms with Gasteiger partial charge in [-0.05, 0) is 11.8 Å². The Morgan fingerprint density at radius 1 is 1.00 bits per heavy atom. The third-order valence-corrected chi connectivity index (χ3v) is 1.65. The summed E-state index contributed by atoms with van der Waals surface area (Å²) in [7, 11) is 0. The van der Waals surface area contributed by atoms with Gasteiger partial charge in [-0.3, -0.25) is 0 Å². The fourth-order valence-electron chi connectivity index (χ4n) is 1.07. The van der Waals surface area contributed by atoms with E-state index in [1.165, 1.54) is 0 Å². The molecule has 1 heterocycles. The van der Waals surface area contributed by atoms with Gasteiger partial charge in [-0.2, -0.15) is 0 Å². The number of hydrogen-bond acceptors (Lipinski definition) is 1. The molecule has 0 aliphatic carbocycles. The smallest absolute Gasteiger partial charge is 0.693 e. The van der Waals surface area contributed by atoms with Crippen LogP contribution < -0.4 is 0 Å². The molecule has 0 bridgehead atoms. The van der Waals surface area contributed by atoms with Crippen molar-refractivity contribution in [2.45, 2.75) is 0 Å². The maximum absolute atomic E-state index is 4.22. The van der Waals surface area contributed by atoms with E-state index in [1.54, 1.807) is 6.20 Å². The van der Waals surface area contributed by atoms with Crippen molar-refractivity contribution in [2.75, 3.05) is 0 Å². The molecule has 0 spiro atoms. The first-order chi connectivity index (χ1) is 5.97. The van der Waals surface area contributed by atoms with Gasteiger partial charge in [0.05, 0.1) is 0 Å². The third-order valence-electron chi connectivity index (χ3n) is 1.65. The SMILES string of the molecule is [CH3-].[Ir+3].[NH2-].[c-]1ccccc1-c1ccccn1. The molecule has 2 nitrogen and oxygen atoms in total. The zero-order valence-electron chi connectivity index (χ0n) is 8.48. The van der Waals surface area contributed by atoms with E-state index in [2.05, 4.69) is 11.1 Å². The molecule has 80 valence electrons. The fourth-order valence-corrected chi connectivity index (χ4v) is 1.07. The van der Waals surface area contributed by atoms with Crippen molar-refractivity contribution < 1.29 is 20.1 Å². The molecular weight excluding hydrogens is 364 g/mol. The normalized spacial score (nSPS) is 7.73. The minimum Gasteiger partial charge on any atom is -0.693 e. The largest absolute Gasteiger partial charge is 3.00 e. The van der Waals surface area contributed by atoms with Crippen LogP contribution in [0.1, 0.15) is 0 Å². The number of rotatable bonds is 1. The van der Waals surface area contributed by atoms with Gasteiger partial charge in [0, 0.05) is 6.20 Å². The number of nitrogens with two attached hydrogens (primary N) is 1. The van der Waals surface area contributed by atoms with Gasteiger partial charge < -0.3 is 18.6 Å². The van der Waals surface area contributed by atoms with Crippen molar-refractivity contribution in [3.05, 3.63) is 68.3 Å². The molecule has 2 N–H and O–H groups in total. The van der Waals surface area contributed by atoms with Gasteiger partial charge in [0.2, 0.25) is 0 Å². The van der Waals surface area contributed by atoms with Crippen LogP contribution in [0.5, 0.6) is 0 Å². The van der Waals surface area contributed by atoms with E-state index < -0.39 is 0 Å². The summed E-state index contributed by atoms with van der Waals surface area (Å²) in [4.78, 5) is 4.22. The molecule has 0 saturated heterocycles. The number of pyridine rings is 1. The van der Waals surface area contributed by atoms with Crippen LogP contribution in [0.4, 0.5) is 0 Å². The second-order valence-electron chi connectivity index (χ2n) is 2.49. The van der Waals surface area contributed by atoms with E-state index in [4.69, 9.17) is 0 Å². The number of aromatic nitrogens is 1. The van der Waals surface area contributed by atoms with Gasteiger partial charge in [0.25, 0.3) is 0 Å². The van der Waals surface area contributed by atoms with Crippen LogP contribution in [-0.4, -0.2) is 4.98 Å². The predicted molar refractivity (Wildman–Crippen MR) is 60.2 cm³/mol. The molecule has 0 fully saturated rings. The molecule has 3 heteroatoms. The fraction of sp³-hybridized carbons (Fsp3) is 0. The summed E-state index contributed by atoms with van der Waals surface area (Å²) in [6.07, 6.45) is 1.79. The van der Waals surface area contributed by atoms with E-state index in [-0.39, 0.29) is 33.7 Å². The minimum atomic E-state index is 0. The van der Waals surface area contributed by atoms with Crippen molar-refractivity contribution in [3.8, 4) is 11.3 Å². The Morgan fingerprint density at radius 3 is 2.27 bits per heavy atom. The molecule has 2 aromatic rings. The average molecular weight is 377 g/mol. The first-order valence-electron chi connectivity index (χ1n) is 3.85. The van der Waals surface area contributed by atoms with Crippen LogP contribution in [0, 0.1) is 13.5 Å². The summed E-state index contributed by atoms with van der Waals surface area (Å²) in [5, 5.41) is 0. The predicted octanol–water partition coefficient (Wildman–Crippen LogP) is 3.71. The molecule has 0 atom stereocenters. The van der Waals surface area contributed by atoms with Gasteiger partial charge in [-0.25, -0.2) is 0 Å². The maximum atomic E-state index is 4.22. The van der Waals surface area contributed by atoms with Crippen LogP contribution in [0.25, 0.3) is 17.4 Å². The molecule has 1 aromatic heterocycles. The maximum Gasteiger partial charge on any atom is 3.00 e. The number of benzene rings is 1. The Morgan fingerprint density at radius 2 is 1.73 bits per heavy atom. The minimum absolute atomic E-state index is 0. The summed E-state index contributed by atoms with van der Waals surface area (Å²) in [5.74, 6) is 0. The second kappa shape index (κ2) is 8.30. The van der Waals surface area contributed by atoms with Crippen molar-refractivity contribution in [1.82, 2.24) is 4.98 Å². The average Bonchev–Trinajstić information content (AvgIpc) is 2.21. The van der Waals surface area contributed by atoms with Crippen molar-refractivity contribution in [2.24, 2.45) is 0 Å². The van der Waals surface area contributed by atoms with E-state index in [1.807, 2.05) is 42.5 Å². The van der Waals surface area contributed by atoms with Crippen LogP contribution in [-0.2, 0) is 20.1 Å². The zero-order chi connectivity index (χ0) is 8.23. The van der Waals surface area contributed by atoms with E-state index in [0.717, 1.165) is 11.3 Å². The molecule has 1 aromatic carbocycles. The van der Waals surface area contributed by atoms with E-state index in [0.29, 0.717) is 0 Å². The van der Waals surface area contributed by atoms with Gasteiger partial charge >= 0.3 is 20.1 Å². The third kappa shape index (κ3) is 4.34. The zero-order valence-corrected chi connectivity index (χ0v) is 10.9. The summed E-state index contributed by atoms with van der Waals surface area (Å²) in [5.41, 5.74) is 2.01. The molecule has 2 rings (SSSR count). The van der Waals surface area contributed by atoms with Crippen LogP contribution in [0.15, 0.2) is 48.7 Å². The van der Waals surface area contributed by atoms with Gasteiger partial charge in [0.1, 0.15) is 0 Å². The van der Waals surface area contributed by atoms with Gasteiger partial charge in [-0.1, -0.05) is 12.1 Å². The molecule has 0 aliphatic heterocycles. The van der Waals surface area contributed by atoms with Crippen LogP contribution >= 0.6 is 0 Å². The van der Waals surface area contributed by atoms with E-state index in [9.17, 15) is 0 Å². The van der Waals surface area contributed by atoms with Crippen molar-refractivity contribution >= 4 is 0 Å². The quantitative estimate of drug-likeness (QED) is 0.699. The molecule has 0 aliphatic rings. The molecule has 0 amide bonds. The van der Waals surface area contributed by atoms with Crippen molar-refractivity contribution in [3.63, 3.8) is 0 Å². The Balaban J connectivity index is 0. The topological polar surface area (TPSA) is 46.4 Å². The Bertz CT molecular complexity index is 311. The second-order valence-corrected chi connectivity index (χ2v) is 2.49. The molecule has 0 unspecified atom stereocenters. The van der Waals surface area contributed by atoms with Gasteiger partial charge in [-0.15, -0.1) is 35.9 Å². The van der Waals surface area contributed by atoms with Crippen molar-refractivity contribution in [1.29, 1.82) is 0 Å². The van der Waals surface area contributed by atoms with E-state index >= 15 is 0 Å². The molecule has 0 radical (unpaired) electrons.